The summed E-state index contributed by atoms with van der Waals surface area (Å²) in [5.74, 6) is 0.678. The molecule has 2 aliphatic rings. The van der Waals surface area contributed by atoms with E-state index in [0.717, 1.165) is 11.0 Å². The SMILES string of the molecule is COc1cc(OC)cc(-c2nn(-c3cc(N4CCC(O)C4)ccc3C(F)(F)F)c(=O)c3c2CCN3C(=O)OC(N)=O)c1. The Hall–Kier alpha value is -4.79. The van der Waals surface area contributed by atoms with Crippen molar-refractivity contribution in [3.63, 3.8) is 0 Å². The average Bonchev–Trinajstić information content (AvgIpc) is 3.59. The number of benzene rings is 2. The fraction of sp³-hybridized carbons (Fsp3) is 0.333. The van der Waals surface area contributed by atoms with Crippen LogP contribution in [0.4, 0.5) is 34.1 Å². The number of carbonyl (C=O) groups is 2. The molecule has 5 rings (SSSR count). The number of aromatic nitrogens is 2. The van der Waals surface area contributed by atoms with Crippen molar-refractivity contribution in [1.29, 1.82) is 0 Å². The minimum atomic E-state index is -4.89. The molecule has 3 aromatic rings. The molecule has 3 heterocycles. The van der Waals surface area contributed by atoms with Crippen LogP contribution in [0.15, 0.2) is 41.2 Å². The number of methoxy groups -OCH3 is 2. The van der Waals surface area contributed by atoms with E-state index in [-0.39, 0.29) is 36.5 Å². The first-order valence-corrected chi connectivity index (χ1v) is 12.7. The van der Waals surface area contributed by atoms with Crippen LogP contribution in [0.1, 0.15) is 17.5 Å². The van der Waals surface area contributed by atoms with Gasteiger partial charge in [-0.1, -0.05) is 0 Å². The van der Waals surface area contributed by atoms with Crippen LogP contribution in [-0.2, 0) is 17.3 Å². The number of halogens is 3. The summed E-state index contributed by atoms with van der Waals surface area (Å²) in [6.45, 7) is 0.452. The summed E-state index contributed by atoms with van der Waals surface area (Å²) in [6, 6.07) is 7.94. The van der Waals surface area contributed by atoms with Crippen molar-refractivity contribution in [2.45, 2.75) is 25.1 Å². The van der Waals surface area contributed by atoms with E-state index in [0.29, 0.717) is 40.4 Å². The summed E-state index contributed by atoms with van der Waals surface area (Å²) in [7, 11) is 2.82. The van der Waals surface area contributed by atoms with Crippen molar-refractivity contribution >= 4 is 23.6 Å². The van der Waals surface area contributed by atoms with Crippen molar-refractivity contribution in [3.8, 4) is 28.4 Å². The zero-order valence-electron chi connectivity index (χ0n) is 22.5. The lowest BCUT2D eigenvalue weighted by molar-refractivity contribution is -0.137. The van der Waals surface area contributed by atoms with Crippen LogP contribution in [-0.4, -0.2) is 67.0 Å². The first kappa shape index (κ1) is 28.7. The predicted octanol–water partition coefficient (Wildman–Crippen LogP) is 3.08. The van der Waals surface area contributed by atoms with Gasteiger partial charge in [-0.3, -0.25) is 9.69 Å². The molecule has 0 aliphatic carbocycles. The number of primary amides is 1. The highest BCUT2D eigenvalue weighted by atomic mass is 19.4. The smallest absolute Gasteiger partial charge is 0.423 e. The zero-order valence-corrected chi connectivity index (χ0v) is 22.5. The van der Waals surface area contributed by atoms with Gasteiger partial charge in [-0.15, -0.1) is 0 Å². The van der Waals surface area contributed by atoms with Crippen LogP contribution in [0.5, 0.6) is 11.5 Å². The number of fused-ring (bicyclic) bond motifs is 1. The van der Waals surface area contributed by atoms with Crippen molar-refractivity contribution in [2.75, 3.05) is 43.7 Å². The highest BCUT2D eigenvalue weighted by Gasteiger charge is 2.38. The molecule has 1 unspecified atom stereocenters. The first-order valence-electron chi connectivity index (χ1n) is 12.7. The Morgan fingerprint density at radius 3 is 2.33 bits per heavy atom. The van der Waals surface area contributed by atoms with Gasteiger partial charge in [-0.25, -0.2) is 9.59 Å². The number of ether oxygens (including phenoxy) is 3. The summed E-state index contributed by atoms with van der Waals surface area (Å²) < 4.78 is 58.7. The van der Waals surface area contributed by atoms with E-state index in [1.165, 1.54) is 26.4 Å². The number of nitrogens with zero attached hydrogens (tertiary/aromatic N) is 4. The number of alkyl halides is 3. The van der Waals surface area contributed by atoms with Crippen LogP contribution in [0, 0.1) is 0 Å². The minimum absolute atomic E-state index is 0.0684. The van der Waals surface area contributed by atoms with Crippen LogP contribution in [0.25, 0.3) is 16.9 Å². The highest BCUT2D eigenvalue weighted by Crippen LogP contribution is 2.39. The maximum Gasteiger partial charge on any atom is 0.423 e. The lowest BCUT2D eigenvalue weighted by atomic mass is 10.0. The Morgan fingerprint density at radius 1 is 1.07 bits per heavy atom. The number of hydrogen-bond donors (Lipinski definition) is 2. The van der Waals surface area contributed by atoms with E-state index in [1.807, 2.05) is 0 Å². The third-order valence-electron chi connectivity index (χ3n) is 7.10. The van der Waals surface area contributed by atoms with Gasteiger partial charge in [-0.2, -0.15) is 23.0 Å². The van der Waals surface area contributed by atoms with E-state index < -0.39 is 41.3 Å². The van der Waals surface area contributed by atoms with Gasteiger partial charge in [-0.05, 0) is 43.2 Å². The second-order valence-electron chi connectivity index (χ2n) is 9.67. The van der Waals surface area contributed by atoms with Crippen molar-refractivity contribution in [3.05, 3.63) is 57.9 Å². The number of β-amino-alcohol motifs (C(OH)–C–C–N with tert-alkyl or cyclic N) is 1. The number of nitrogens with two attached hydrogens (primary N) is 1. The number of carbonyl (C=O) groups excluding carboxylic acids is 2. The van der Waals surface area contributed by atoms with Crippen LogP contribution >= 0.6 is 0 Å². The predicted molar refractivity (Wildman–Crippen MR) is 143 cm³/mol. The molecule has 0 saturated carbocycles. The van der Waals surface area contributed by atoms with Gasteiger partial charge < -0.3 is 30.0 Å². The topological polar surface area (TPSA) is 149 Å². The van der Waals surface area contributed by atoms with Gasteiger partial charge in [0, 0.05) is 42.5 Å². The third kappa shape index (κ3) is 5.30. The Morgan fingerprint density at radius 2 is 1.76 bits per heavy atom. The molecule has 0 spiro atoms. The molecule has 0 radical (unpaired) electrons. The number of anilines is 2. The molecule has 2 aliphatic heterocycles. The highest BCUT2D eigenvalue weighted by molar-refractivity contribution is 5.96. The van der Waals surface area contributed by atoms with E-state index >= 15 is 0 Å². The molecule has 42 heavy (non-hydrogen) atoms. The summed E-state index contributed by atoms with van der Waals surface area (Å²) in [5, 5.41) is 14.4. The zero-order chi connectivity index (χ0) is 30.3. The van der Waals surface area contributed by atoms with Gasteiger partial charge >= 0.3 is 18.4 Å². The standard InChI is InChI=1S/C27H26F3N5O7/c1-40-17-9-14(10-18(12-17)41-2)22-19-6-8-34(26(39)42-25(31)38)23(19)24(37)35(32-22)21-11-15(33-7-5-16(36)13-33)3-4-20(21)27(28,29)30/h3-4,9-12,16,36H,5-8,13H2,1-2H3,(H2,31,38). The Kier molecular flexibility index (Phi) is 7.45. The maximum atomic E-state index is 14.3. The third-order valence-corrected chi connectivity index (χ3v) is 7.10. The molecule has 0 bridgehead atoms. The van der Waals surface area contributed by atoms with Gasteiger partial charge in [0.15, 0.2) is 0 Å². The molecule has 1 saturated heterocycles. The number of amides is 2. The molecule has 1 fully saturated rings. The van der Waals surface area contributed by atoms with Gasteiger partial charge in [0.1, 0.15) is 17.2 Å². The van der Waals surface area contributed by atoms with Crippen LogP contribution in [0.2, 0.25) is 0 Å². The fourth-order valence-corrected chi connectivity index (χ4v) is 5.17. The quantitative estimate of drug-likeness (QED) is 0.428. The molecule has 15 heteroatoms. The minimum Gasteiger partial charge on any atom is -0.497 e. The van der Waals surface area contributed by atoms with E-state index in [2.05, 4.69) is 9.84 Å². The lowest BCUT2D eigenvalue weighted by Gasteiger charge is -2.23. The van der Waals surface area contributed by atoms with Crippen LogP contribution < -0.4 is 30.6 Å². The number of rotatable bonds is 5. The van der Waals surface area contributed by atoms with E-state index in [9.17, 15) is 32.7 Å². The summed E-state index contributed by atoms with van der Waals surface area (Å²) in [6.07, 6.45) is -7.73. The number of aliphatic hydroxyl groups excluding tert-OH is 1. The Balaban J connectivity index is 1.80. The Bertz CT molecular complexity index is 1600. The second kappa shape index (κ2) is 10.9. The molecule has 2 amide bonds. The summed E-state index contributed by atoms with van der Waals surface area (Å²) >= 11 is 0. The largest absolute Gasteiger partial charge is 0.497 e. The normalized spacial score (nSPS) is 16.4. The molecule has 12 nitrogen and oxygen atoms in total. The van der Waals surface area contributed by atoms with Crippen molar-refractivity contribution in [2.24, 2.45) is 5.73 Å². The monoisotopic (exact) mass is 589 g/mol. The van der Waals surface area contributed by atoms with Crippen molar-refractivity contribution in [1.82, 2.24) is 9.78 Å². The molecule has 2 aromatic carbocycles. The van der Waals surface area contributed by atoms with Gasteiger partial charge in [0.25, 0.3) is 5.56 Å². The first-order chi connectivity index (χ1) is 19.9. The molecule has 1 atom stereocenters. The molecular weight excluding hydrogens is 563 g/mol. The van der Waals surface area contributed by atoms with Crippen molar-refractivity contribution < 1.29 is 42.1 Å². The van der Waals surface area contributed by atoms with Gasteiger partial charge in [0.05, 0.1) is 37.3 Å². The van der Waals surface area contributed by atoms with Crippen LogP contribution in [0.3, 0.4) is 0 Å². The molecule has 3 N–H and O–H groups in total. The lowest BCUT2D eigenvalue weighted by Crippen LogP contribution is -2.38. The molecular formula is C27H26F3N5O7. The molecule has 1 aromatic heterocycles. The second-order valence-corrected chi connectivity index (χ2v) is 9.67. The summed E-state index contributed by atoms with van der Waals surface area (Å²) in [4.78, 5) is 40.5. The maximum absolute atomic E-state index is 14.3. The fourth-order valence-electron chi connectivity index (χ4n) is 5.17. The molecule has 222 valence electrons. The number of aliphatic hydroxyl groups is 1. The summed E-state index contributed by atoms with van der Waals surface area (Å²) in [5.41, 5.74) is 2.85. The Labute approximate surface area is 236 Å². The van der Waals surface area contributed by atoms with E-state index in [1.54, 1.807) is 23.1 Å². The average molecular weight is 590 g/mol. The van der Waals surface area contributed by atoms with Gasteiger partial charge in [0.2, 0.25) is 0 Å². The number of hydrogen-bond acceptors (Lipinski definition) is 9. The van der Waals surface area contributed by atoms with E-state index in [4.69, 9.17) is 15.2 Å².